The van der Waals surface area contributed by atoms with Gasteiger partial charge in [-0.2, -0.15) is 5.10 Å². The largest absolute Gasteiger partial charge is 0.311 e. The first kappa shape index (κ1) is 18.3. The SMILES string of the molecule is Cc1nn(Cc2ccccc2)c(C)c1[C@H]1CC(=O)Nc2c1c(=O)[nH]n2C(C)C. The topological polar surface area (TPSA) is 84.7 Å². The maximum atomic E-state index is 12.7. The first-order chi connectivity index (χ1) is 13.4. The molecule has 7 heteroatoms. The number of nitrogens with zero attached hydrogens (tertiary/aromatic N) is 3. The second kappa shape index (κ2) is 6.82. The third kappa shape index (κ3) is 2.96. The number of H-pyrrole nitrogens is 1. The lowest BCUT2D eigenvalue weighted by Gasteiger charge is -2.24. The van der Waals surface area contributed by atoms with Crippen LogP contribution in [0.4, 0.5) is 5.82 Å². The number of hydrogen-bond donors (Lipinski definition) is 2. The predicted octanol–water partition coefficient (Wildman–Crippen LogP) is 3.09. The Labute approximate surface area is 163 Å². The lowest BCUT2D eigenvalue weighted by Crippen LogP contribution is -2.27. The number of carbonyl (C=O) groups is 1. The van der Waals surface area contributed by atoms with Crippen LogP contribution >= 0.6 is 0 Å². The molecule has 1 aliphatic heterocycles. The smallest absolute Gasteiger partial charge is 0.270 e. The standard InChI is InChI=1S/C21H25N5O2/c1-12(2)26-20-19(21(28)24-26)16(10-17(27)22-20)18-13(3)23-25(14(18)4)11-15-8-6-5-7-9-15/h5-9,12,16H,10-11H2,1-4H3,(H,22,27)(H,24,28)/t16-/m1/s1. The number of anilines is 1. The fraction of sp³-hybridized carbons (Fsp3) is 0.381. The molecule has 0 fully saturated rings. The van der Waals surface area contributed by atoms with Crippen LogP contribution in [0.2, 0.25) is 0 Å². The summed E-state index contributed by atoms with van der Waals surface area (Å²) in [5.74, 6) is 0.202. The quantitative estimate of drug-likeness (QED) is 0.730. The summed E-state index contributed by atoms with van der Waals surface area (Å²) in [6, 6.07) is 10.2. The normalized spacial score (nSPS) is 16.3. The minimum Gasteiger partial charge on any atom is -0.311 e. The second-order valence-electron chi connectivity index (χ2n) is 7.70. The Morgan fingerprint density at radius 3 is 2.54 bits per heavy atom. The fourth-order valence-electron chi connectivity index (χ4n) is 4.14. The predicted molar refractivity (Wildman–Crippen MR) is 108 cm³/mol. The van der Waals surface area contributed by atoms with Crippen molar-refractivity contribution in [1.29, 1.82) is 0 Å². The van der Waals surface area contributed by atoms with Crippen LogP contribution < -0.4 is 10.9 Å². The lowest BCUT2D eigenvalue weighted by molar-refractivity contribution is -0.116. The van der Waals surface area contributed by atoms with E-state index in [0.717, 1.165) is 22.5 Å². The van der Waals surface area contributed by atoms with Crippen LogP contribution in [0.3, 0.4) is 0 Å². The van der Waals surface area contributed by atoms with E-state index in [1.54, 1.807) is 4.68 Å². The molecule has 4 rings (SSSR count). The number of rotatable bonds is 4. The van der Waals surface area contributed by atoms with E-state index in [9.17, 15) is 9.59 Å². The molecular weight excluding hydrogens is 354 g/mol. The molecule has 0 bridgehead atoms. The van der Waals surface area contributed by atoms with Crippen molar-refractivity contribution in [2.24, 2.45) is 0 Å². The molecule has 0 saturated heterocycles. The lowest BCUT2D eigenvalue weighted by atomic mass is 9.86. The number of carbonyl (C=O) groups excluding carboxylic acids is 1. The van der Waals surface area contributed by atoms with Gasteiger partial charge in [0.05, 0.1) is 17.8 Å². The number of aromatic nitrogens is 4. The fourth-order valence-corrected chi connectivity index (χ4v) is 4.14. The Morgan fingerprint density at radius 1 is 1.14 bits per heavy atom. The van der Waals surface area contributed by atoms with Gasteiger partial charge < -0.3 is 5.32 Å². The van der Waals surface area contributed by atoms with Crippen LogP contribution in [0.5, 0.6) is 0 Å². The van der Waals surface area contributed by atoms with Crippen LogP contribution in [-0.4, -0.2) is 25.5 Å². The Hall–Kier alpha value is -3.09. The number of benzene rings is 1. The van der Waals surface area contributed by atoms with Crippen LogP contribution in [-0.2, 0) is 11.3 Å². The van der Waals surface area contributed by atoms with Gasteiger partial charge in [-0.25, -0.2) is 0 Å². The molecule has 1 aliphatic rings. The molecule has 0 unspecified atom stereocenters. The van der Waals surface area contributed by atoms with E-state index < -0.39 is 0 Å². The van der Waals surface area contributed by atoms with Crippen molar-refractivity contribution in [2.45, 2.75) is 52.6 Å². The summed E-state index contributed by atoms with van der Waals surface area (Å²) in [6.07, 6.45) is 0.247. The van der Waals surface area contributed by atoms with Gasteiger partial charge in [0.15, 0.2) is 0 Å². The molecule has 0 spiro atoms. The average molecular weight is 379 g/mol. The van der Waals surface area contributed by atoms with Gasteiger partial charge in [-0.05, 0) is 33.3 Å². The van der Waals surface area contributed by atoms with E-state index in [0.29, 0.717) is 17.9 Å². The molecule has 3 heterocycles. The molecule has 7 nitrogen and oxygen atoms in total. The zero-order valence-electron chi connectivity index (χ0n) is 16.6. The molecule has 2 aromatic heterocycles. The zero-order valence-corrected chi connectivity index (χ0v) is 16.6. The van der Waals surface area contributed by atoms with Crippen LogP contribution in [0, 0.1) is 13.8 Å². The molecule has 1 atom stereocenters. The summed E-state index contributed by atoms with van der Waals surface area (Å²) in [5, 5.41) is 10.5. The summed E-state index contributed by atoms with van der Waals surface area (Å²) in [6.45, 7) is 8.56. The Kier molecular flexibility index (Phi) is 4.45. The molecular formula is C21H25N5O2. The van der Waals surface area contributed by atoms with Crippen LogP contribution in [0.1, 0.15) is 60.3 Å². The van der Waals surface area contributed by atoms with E-state index in [4.69, 9.17) is 5.10 Å². The number of aryl methyl sites for hydroxylation is 1. The van der Waals surface area contributed by atoms with E-state index in [-0.39, 0.29) is 29.8 Å². The number of fused-ring (bicyclic) bond motifs is 1. The first-order valence-corrected chi connectivity index (χ1v) is 9.59. The van der Waals surface area contributed by atoms with Gasteiger partial charge in [-0.3, -0.25) is 24.1 Å². The highest BCUT2D eigenvalue weighted by atomic mass is 16.2. The van der Waals surface area contributed by atoms with Crippen molar-refractivity contribution in [2.75, 3.05) is 5.32 Å². The van der Waals surface area contributed by atoms with Crippen molar-refractivity contribution in [3.8, 4) is 0 Å². The highest BCUT2D eigenvalue weighted by Crippen LogP contribution is 2.38. The van der Waals surface area contributed by atoms with Gasteiger partial charge in [0.1, 0.15) is 5.82 Å². The van der Waals surface area contributed by atoms with Crippen molar-refractivity contribution < 1.29 is 4.79 Å². The molecule has 146 valence electrons. The average Bonchev–Trinajstić information content (AvgIpc) is 3.12. The maximum absolute atomic E-state index is 12.7. The Bertz CT molecular complexity index is 1090. The Balaban J connectivity index is 1.81. The molecule has 28 heavy (non-hydrogen) atoms. The summed E-state index contributed by atoms with van der Waals surface area (Å²) < 4.78 is 3.70. The second-order valence-corrected chi connectivity index (χ2v) is 7.70. The van der Waals surface area contributed by atoms with Gasteiger partial charge in [0, 0.05) is 29.6 Å². The third-order valence-corrected chi connectivity index (χ3v) is 5.44. The molecule has 0 saturated carbocycles. The van der Waals surface area contributed by atoms with Gasteiger partial charge in [-0.15, -0.1) is 0 Å². The summed E-state index contributed by atoms with van der Waals surface area (Å²) in [5.41, 5.74) is 4.45. The van der Waals surface area contributed by atoms with Gasteiger partial charge >= 0.3 is 0 Å². The summed E-state index contributed by atoms with van der Waals surface area (Å²) >= 11 is 0. The van der Waals surface area contributed by atoms with E-state index in [2.05, 4.69) is 22.5 Å². The van der Waals surface area contributed by atoms with E-state index in [1.165, 1.54) is 0 Å². The van der Waals surface area contributed by atoms with Crippen molar-refractivity contribution in [3.63, 3.8) is 0 Å². The Morgan fingerprint density at radius 2 is 1.86 bits per heavy atom. The molecule has 1 aromatic carbocycles. The van der Waals surface area contributed by atoms with Crippen LogP contribution in [0.25, 0.3) is 0 Å². The minimum atomic E-state index is -0.294. The van der Waals surface area contributed by atoms with Gasteiger partial charge in [-0.1, -0.05) is 30.3 Å². The highest BCUT2D eigenvalue weighted by molar-refractivity contribution is 5.94. The molecule has 2 N–H and O–H groups in total. The van der Waals surface area contributed by atoms with Gasteiger partial charge in [0.2, 0.25) is 5.91 Å². The summed E-state index contributed by atoms with van der Waals surface area (Å²) in [7, 11) is 0. The van der Waals surface area contributed by atoms with Crippen molar-refractivity contribution in [1.82, 2.24) is 19.6 Å². The number of amides is 1. The molecule has 1 amide bonds. The molecule has 0 radical (unpaired) electrons. The number of hydrogen-bond acceptors (Lipinski definition) is 3. The monoisotopic (exact) mass is 379 g/mol. The van der Waals surface area contributed by atoms with Crippen LogP contribution in [0.15, 0.2) is 35.1 Å². The highest BCUT2D eigenvalue weighted by Gasteiger charge is 2.35. The van der Waals surface area contributed by atoms with E-state index >= 15 is 0 Å². The zero-order chi connectivity index (χ0) is 20.0. The maximum Gasteiger partial charge on any atom is 0.270 e. The van der Waals surface area contributed by atoms with E-state index in [1.807, 2.05) is 50.6 Å². The minimum absolute atomic E-state index is 0.0403. The molecule has 3 aromatic rings. The van der Waals surface area contributed by atoms with Crippen molar-refractivity contribution >= 4 is 11.7 Å². The number of nitrogens with one attached hydrogen (secondary N) is 2. The van der Waals surface area contributed by atoms with Gasteiger partial charge in [0.25, 0.3) is 5.56 Å². The number of aromatic amines is 1. The van der Waals surface area contributed by atoms with Crippen molar-refractivity contribution in [3.05, 3.63) is 68.8 Å². The molecule has 0 aliphatic carbocycles. The summed E-state index contributed by atoms with van der Waals surface area (Å²) in [4.78, 5) is 25.2. The third-order valence-electron chi connectivity index (χ3n) is 5.44. The first-order valence-electron chi connectivity index (χ1n) is 9.59.